The summed E-state index contributed by atoms with van der Waals surface area (Å²) in [5, 5.41) is 3.21. The highest BCUT2D eigenvalue weighted by molar-refractivity contribution is 9.10. The summed E-state index contributed by atoms with van der Waals surface area (Å²) in [6.07, 6.45) is 1.79. The van der Waals surface area contributed by atoms with Crippen LogP contribution in [-0.2, 0) is 18.9 Å². The number of amides is 1. The number of anilines is 1. The number of carbonyl (C=O) groups is 1. The van der Waals surface area contributed by atoms with E-state index in [2.05, 4.69) is 21.2 Å². The summed E-state index contributed by atoms with van der Waals surface area (Å²) in [6.45, 7) is 1.45. The van der Waals surface area contributed by atoms with Crippen molar-refractivity contribution < 1.29 is 4.79 Å². The number of aromatic nitrogens is 3. The van der Waals surface area contributed by atoms with Gasteiger partial charge in [0.15, 0.2) is 0 Å². The van der Waals surface area contributed by atoms with Gasteiger partial charge in [-0.2, -0.15) is 0 Å². The van der Waals surface area contributed by atoms with Crippen LogP contribution >= 0.6 is 15.9 Å². The van der Waals surface area contributed by atoms with E-state index in [1.807, 2.05) is 41.0 Å². The van der Waals surface area contributed by atoms with Crippen LogP contribution < -0.4 is 16.6 Å². The van der Waals surface area contributed by atoms with Crippen LogP contribution in [0.2, 0.25) is 0 Å². The number of rotatable bonds is 3. The van der Waals surface area contributed by atoms with E-state index in [0.29, 0.717) is 22.3 Å². The normalized spacial score (nSPS) is 11.1. The summed E-state index contributed by atoms with van der Waals surface area (Å²) in [5.41, 5.74) is 2.83. The van der Waals surface area contributed by atoms with E-state index in [4.69, 9.17) is 0 Å². The second-order valence-electron chi connectivity index (χ2n) is 7.05. The number of nitrogens with zero attached hydrogens (tertiary/aromatic N) is 3. The maximum absolute atomic E-state index is 13.1. The number of aryl methyl sites for hydroxylation is 1. The zero-order valence-electron chi connectivity index (χ0n) is 16.6. The molecule has 0 spiro atoms. The van der Waals surface area contributed by atoms with Crippen LogP contribution in [0.1, 0.15) is 6.92 Å². The predicted octanol–water partition coefficient (Wildman–Crippen LogP) is 3.42. The fourth-order valence-electron chi connectivity index (χ4n) is 3.54. The molecular weight excluding hydrogens is 448 g/mol. The third-order valence-electron chi connectivity index (χ3n) is 5.02. The zero-order chi connectivity index (χ0) is 21.6. The minimum atomic E-state index is -0.381. The van der Waals surface area contributed by atoms with E-state index >= 15 is 0 Å². The molecular formula is C22H19BrN4O3. The van der Waals surface area contributed by atoms with Gasteiger partial charge in [-0.15, -0.1) is 0 Å². The minimum Gasteiger partial charge on any atom is -0.326 e. The highest BCUT2D eigenvalue weighted by atomic mass is 79.9. The molecule has 0 bridgehead atoms. The van der Waals surface area contributed by atoms with Crippen molar-refractivity contribution in [3.63, 3.8) is 0 Å². The highest BCUT2D eigenvalue weighted by Gasteiger charge is 2.20. The molecule has 0 aliphatic heterocycles. The molecule has 30 heavy (non-hydrogen) atoms. The summed E-state index contributed by atoms with van der Waals surface area (Å²) in [4.78, 5) is 36.8. The fraction of sp³-hybridized carbons (Fsp3) is 0.136. The minimum absolute atomic E-state index is 0.150. The van der Waals surface area contributed by atoms with E-state index in [9.17, 15) is 14.4 Å². The number of benzene rings is 2. The van der Waals surface area contributed by atoms with Gasteiger partial charge in [-0.1, -0.05) is 28.1 Å². The number of hydrogen-bond acceptors (Lipinski definition) is 3. The number of halogens is 1. The van der Waals surface area contributed by atoms with Crippen LogP contribution in [0.4, 0.5) is 5.69 Å². The Bertz CT molecular complexity index is 1390. The molecule has 0 fully saturated rings. The monoisotopic (exact) mass is 466 g/mol. The molecule has 0 radical (unpaired) electrons. The first kappa shape index (κ1) is 19.9. The molecule has 152 valence electrons. The number of fused-ring (bicyclic) bond motifs is 1. The van der Waals surface area contributed by atoms with Crippen molar-refractivity contribution in [2.75, 3.05) is 5.32 Å². The molecule has 1 amide bonds. The van der Waals surface area contributed by atoms with Crippen LogP contribution in [0.25, 0.3) is 27.8 Å². The standard InChI is InChI=1S/C22H19BrN4O3/c1-13(28)24-16-8-10-17(11-9-16)27-12-18-19(21(29)26(3)22(30)25(18)2)20(27)14-4-6-15(23)7-5-14/h4-12H,1-3H3,(H,24,28). The Morgan fingerprint density at radius 3 is 2.17 bits per heavy atom. The SMILES string of the molecule is CC(=O)Nc1ccc(-n2cc3c(c2-c2ccc(Br)cc2)c(=O)n(C)c(=O)n3C)cc1. The molecule has 7 nitrogen and oxygen atoms in total. The predicted molar refractivity (Wildman–Crippen MR) is 121 cm³/mol. The molecule has 2 heterocycles. The van der Waals surface area contributed by atoms with Crippen molar-refractivity contribution in [3.05, 3.63) is 80.0 Å². The highest BCUT2D eigenvalue weighted by Crippen LogP contribution is 2.32. The Morgan fingerprint density at radius 2 is 1.57 bits per heavy atom. The molecule has 2 aromatic heterocycles. The fourth-order valence-corrected chi connectivity index (χ4v) is 3.81. The zero-order valence-corrected chi connectivity index (χ0v) is 18.2. The van der Waals surface area contributed by atoms with Gasteiger partial charge in [-0.25, -0.2) is 4.79 Å². The lowest BCUT2D eigenvalue weighted by Crippen LogP contribution is -2.36. The largest absolute Gasteiger partial charge is 0.330 e. The first-order valence-electron chi connectivity index (χ1n) is 9.23. The molecule has 2 aromatic carbocycles. The lowest BCUT2D eigenvalue weighted by atomic mass is 10.1. The Morgan fingerprint density at radius 1 is 0.933 bits per heavy atom. The Kier molecular flexibility index (Phi) is 4.95. The van der Waals surface area contributed by atoms with Gasteiger partial charge in [-0.3, -0.25) is 18.7 Å². The van der Waals surface area contributed by atoms with Gasteiger partial charge in [0, 0.05) is 43.1 Å². The van der Waals surface area contributed by atoms with Crippen LogP contribution in [0.3, 0.4) is 0 Å². The van der Waals surface area contributed by atoms with Crippen molar-refractivity contribution in [1.82, 2.24) is 13.7 Å². The molecule has 0 unspecified atom stereocenters. The van der Waals surface area contributed by atoms with Crippen molar-refractivity contribution in [2.24, 2.45) is 14.1 Å². The van der Waals surface area contributed by atoms with E-state index in [1.165, 1.54) is 18.5 Å². The second kappa shape index (κ2) is 7.46. The molecule has 0 saturated heterocycles. The summed E-state index contributed by atoms with van der Waals surface area (Å²) < 4.78 is 5.41. The number of nitrogens with one attached hydrogen (secondary N) is 1. The molecule has 0 atom stereocenters. The van der Waals surface area contributed by atoms with Crippen molar-refractivity contribution >= 4 is 38.4 Å². The van der Waals surface area contributed by atoms with Crippen LogP contribution in [0, 0.1) is 0 Å². The summed E-state index contributed by atoms with van der Waals surface area (Å²) >= 11 is 3.44. The van der Waals surface area contributed by atoms with Gasteiger partial charge in [0.25, 0.3) is 5.56 Å². The Hall–Kier alpha value is -3.39. The maximum atomic E-state index is 13.1. The smallest absolute Gasteiger partial charge is 0.326 e. The van der Waals surface area contributed by atoms with Crippen molar-refractivity contribution in [1.29, 1.82) is 0 Å². The first-order valence-corrected chi connectivity index (χ1v) is 10.0. The third-order valence-corrected chi connectivity index (χ3v) is 5.55. The average molecular weight is 467 g/mol. The van der Waals surface area contributed by atoms with Gasteiger partial charge in [0.2, 0.25) is 5.91 Å². The van der Waals surface area contributed by atoms with Crippen molar-refractivity contribution in [3.8, 4) is 16.9 Å². The Balaban J connectivity index is 2.05. The van der Waals surface area contributed by atoms with E-state index in [1.54, 1.807) is 25.4 Å². The quantitative estimate of drug-likeness (QED) is 0.502. The van der Waals surface area contributed by atoms with Gasteiger partial charge < -0.3 is 9.88 Å². The van der Waals surface area contributed by atoms with Crippen LogP contribution in [0.15, 0.2) is 68.8 Å². The van der Waals surface area contributed by atoms with Gasteiger partial charge in [0.1, 0.15) is 0 Å². The molecule has 4 rings (SSSR count). The maximum Gasteiger partial charge on any atom is 0.330 e. The van der Waals surface area contributed by atoms with Gasteiger partial charge >= 0.3 is 5.69 Å². The second-order valence-corrected chi connectivity index (χ2v) is 7.96. The molecule has 0 aliphatic rings. The summed E-state index contributed by atoms with van der Waals surface area (Å²) in [5.74, 6) is -0.150. The van der Waals surface area contributed by atoms with Crippen LogP contribution in [0.5, 0.6) is 0 Å². The topological polar surface area (TPSA) is 78.0 Å². The third kappa shape index (κ3) is 3.29. The van der Waals surface area contributed by atoms with Crippen LogP contribution in [-0.4, -0.2) is 19.6 Å². The number of carbonyl (C=O) groups excluding carboxylic acids is 1. The van der Waals surface area contributed by atoms with E-state index in [0.717, 1.165) is 20.3 Å². The Labute approximate surface area is 180 Å². The average Bonchev–Trinajstić information content (AvgIpc) is 3.12. The summed E-state index contributed by atoms with van der Waals surface area (Å²) in [7, 11) is 3.13. The first-order chi connectivity index (χ1) is 14.3. The molecule has 8 heteroatoms. The van der Waals surface area contributed by atoms with E-state index < -0.39 is 0 Å². The van der Waals surface area contributed by atoms with Crippen molar-refractivity contribution in [2.45, 2.75) is 6.92 Å². The summed E-state index contributed by atoms with van der Waals surface area (Å²) in [6, 6.07) is 15.0. The molecule has 0 saturated carbocycles. The van der Waals surface area contributed by atoms with Gasteiger partial charge in [-0.05, 0) is 42.0 Å². The van der Waals surface area contributed by atoms with Gasteiger partial charge in [0.05, 0.1) is 16.6 Å². The molecule has 4 aromatic rings. The lowest BCUT2D eigenvalue weighted by Gasteiger charge is -2.11. The molecule has 0 aliphatic carbocycles. The van der Waals surface area contributed by atoms with E-state index in [-0.39, 0.29) is 17.2 Å². The molecule has 1 N–H and O–H groups in total. The lowest BCUT2D eigenvalue weighted by molar-refractivity contribution is -0.114. The number of hydrogen-bond donors (Lipinski definition) is 1.